The van der Waals surface area contributed by atoms with Gasteiger partial charge < -0.3 is 9.73 Å². The Labute approximate surface area is 140 Å². The maximum absolute atomic E-state index is 12.1. The monoisotopic (exact) mass is 333 g/mol. The van der Waals surface area contributed by atoms with E-state index in [1.807, 2.05) is 24.4 Å². The molecule has 1 fully saturated rings. The van der Waals surface area contributed by atoms with E-state index in [9.17, 15) is 4.79 Å². The Morgan fingerprint density at radius 3 is 3.00 bits per heavy atom. The van der Waals surface area contributed by atoms with Crippen molar-refractivity contribution in [1.29, 1.82) is 0 Å². The lowest BCUT2D eigenvalue weighted by atomic mass is 10.2. The van der Waals surface area contributed by atoms with Gasteiger partial charge >= 0.3 is 0 Å². The third-order valence-corrected chi connectivity index (χ3v) is 5.00. The highest BCUT2D eigenvalue weighted by atomic mass is 32.1. The number of oxazole rings is 1. The Hall–Kier alpha value is -1.66. The van der Waals surface area contributed by atoms with E-state index in [0.29, 0.717) is 12.4 Å². The molecule has 0 radical (unpaired) electrons. The molecule has 0 bridgehead atoms. The van der Waals surface area contributed by atoms with Crippen LogP contribution in [-0.4, -0.2) is 41.5 Å². The second kappa shape index (κ2) is 7.27. The summed E-state index contributed by atoms with van der Waals surface area (Å²) in [4.78, 5) is 20.0. The van der Waals surface area contributed by atoms with E-state index in [4.69, 9.17) is 4.42 Å². The number of hydrogen-bond donors (Lipinski definition) is 1. The molecule has 0 spiro atoms. The van der Waals surface area contributed by atoms with Crippen LogP contribution in [0.2, 0.25) is 0 Å². The van der Waals surface area contributed by atoms with Crippen LogP contribution >= 0.6 is 11.3 Å². The molecule has 2 aromatic heterocycles. The van der Waals surface area contributed by atoms with Crippen LogP contribution in [0.15, 0.2) is 21.9 Å². The first-order valence-electron chi connectivity index (χ1n) is 8.18. The molecule has 3 rings (SSSR count). The Kier molecular flexibility index (Phi) is 5.13. The average molecular weight is 333 g/mol. The van der Waals surface area contributed by atoms with Gasteiger partial charge in [0.25, 0.3) is 0 Å². The summed E-state index contributed by atoms with van der Waals surface area (Å²) in [7, 11) is 0. The number of carbonyl (C=O) groups excluding carboxylic acids is 1. The second-order valence-electron chi connectivity index (χ2n) is 5.89. The number of nitrogens with one attached hydrogen (secondary N) is 1. The lowest BCUT2D eigenvalue weighted by molar-refractivity contribution is -0.120. The zero-order chi connectivity index (χ0) is 16.2. The third-order valence-electron chi connectivity index (χ3n) is 4.14. The second-order valence-corrected chi connectivity index (χ2v) is 6.83. The number of nitrogens with zero attached hydrogens (tertiary/aromatic N) is 2. The summed E-state index contributed by atoms with van der Waals surface area (Å²) >= 11 is 1.58. The number of carbonyl (C=O) groups is 1. The molecule has 1 aliphatic rings. The number of rotatable bonds is 8. The van der Waals surface area contributed by atoms with Gasteiger partial charge in [-0.3, -0.25) is 9.69 Å². The van der Waals surface area contributed by atoms with Crippen molar-refractivity contribution in [3.63, 3.8) is 0 Å². The van der Waals surface area contributed by atoms with Crippen molar-refractivity contribution in [2.45, 2.75) is 39.2 Å². The highest BCUT2D eigenvalue weighted by molar-refractivity contribution is 7.13. The summed E-state index contributed by atoms with van der Waals surface area (Å²) in [6.07, 6.45) is 2.87. The van der Waals surface area contributed by atoms with Gasteiger partial charge in [-0.1, -0.05) is 13.0 Å². The van der Waals surface area contributed by atoms with E-state index < -0.39 is 0 Å². The van der Waals surface area contributed by atoms with Gasteiger partial charge in [0.15, 0.2) is 0 Å². The molecule has 0 aliphatic heterocycles. The van der Waals surface area contributed by atoms with Gasteiger partial charge in [-0.05, 0) is 37.8 Å². The molecule has 23 heavy (non-hydrogen) atoms. The van der Waals surface area contributed by atoms with Crippen LogP contribution in [0.25, 0.3) is 10.8 Å². The molecule has 5 nitrogen and oxygen atoms in total. The minimum Gasteiger partial charge on any atom is -0.440 e. The number of aryl methyl sites for hydroxylation is 1. The van der Waals surface area contributed by atoms with Crippen molar-refractivity contribution >= 4 is 17.2 Å². The van der Waals surface area contributed by atoms with Crippen LogP contribution in [0.5, 0.6) is 0 Å². The highest BCUT2D eigenvalue weighted by Gasteiger charge is 2.27. The van der Waals surface area contributed by atoms with Crippen molar-refractivity contribution in [3.05, 3.63) is 29.0 Å². The summed E-state index contributed by atoms with van der Waals surface area (Å²) in [5.74, 6) is 1.33. The van der Waals surface area contributed by atoms with Gasteiger partial charge in [0.2, 0.25) is 11.8 Å². The minimum absolute atomic E-state index is 0.00554. The predicted octanol–water partition coefficient (Wildman–Crippen LogP) is 2.85. The maximum Gasteiger partial charge on any atom is 0.236 e. The normalized spacial score (nSPS) is 14.4. The molecule has 1 aliphatic carbocycles. The first-order chi connectivity index (χ1) is 11.2. The average Bonchev–Trinajstić information content (AvgIpc) is 3.09. The van der Waals surface area contributed by atoms with Gasteiger partial charge in [0.1, 0.15) is 5.76 Å². The van der Waals surface area contributed by atoms with Crippen molar-refractivity contribution in [2.24, 2.45) is 0 Å². The molecule has 0 saturated heterocycles. The Morgan fingerprint density at radius 1 is 1.52 bits per heavy atom. The molecule has 0 atom stereocenters. The quantitative estimate of drug-likeness (QED) is 0.807. The molecule has 0 unspecified atom stereocenters. The van der Waals surface area contributed by atoms with Crippen LogP contribution in [-0.2, 0) is 11.2 Å². The van der Waals surface area contributed by atoms with E-state index in [2.05, 4.69) is 22.1 Å². The summed E-state index contributed by atoms with van der Waals surface area (Å²) in [6.45, 7) is 6.69. The van der Waals surface area contributed by atoms with Crippen molar-refractivity contribution in [3.8, 4) is 10.8 Å². The van der Waals surface area contributed by atoms with E-state index in [0.717, 1.165) is 35.5 Å². The van der Waals surface area contributed by atoms with E-state index in [-0.39, 0.29) is 12.3 Å². The number of thiophene rings is 1. The van der Waals surface area contributed by atoms with Gasteiger partial charge in [-0.2, -0.15) is 0 Å². The number of likely N-dealkylation sites (N-methyl/N-ethyl adjacent to an activating group) is 1. The number of hydrogen-bond acceptors (Lipinski definition) is 5. The largest absolute Gasteiger partial charge is 0.440 e. The smallest absolute Gasteiger partial charge is 0.236 e. The maximum atomic E-state index is 12.1. The number of amides is 1. The molecular weight excluding hydrogens is 310 g/mol. The topological polar surface area (TPSA) is 58.4 Å². The van der Waals surface area contributed by atoms with E-state index in [1.54, 1.807) is 11.3 Å². The van der Waals surface area contributed by atoms with E-state index >= 15 is 0 Å². The van der Waals surface area contributed by atoms with Gasteiger partial charge in [0, 0.05) is 19.1 Å². The standard InChI is InChI=1S/C17H23N3O2S/c1-3-20(13-6-7-13)9-8-18-16(21)11-14-12(2)22-17(19-14)15-5-4-10-23-15/h4-5,10,13H,3,6-9,11H2,1-2H3,(H,18,21). The van der Waals surface area contributed by atoms with Crippen molar-refractivity contribution < 1.29 is 9.21 Å². The van der Waals surface area contributed by atoms with Crippen LogP contribution in [0, 0.1) is 6.92 Å². The SMILES string of the molecule is CCN(CCNC(=O)Cc1nc(-c2cccs2)oc1C)C1CC1. The molecule has 1 amide bonds. The first kappa shape index (κ1) is 16.2. The molecule has 1 saturated carbocycles. The van der Waals surface area contributed by atoms with Gasteiger partial charge in [-0.15, -0.1) is 11.3 Å². The molecular formula is C17H23N3O2S. The zero-order valence-electron chi connectivity index (χ0n) is 13.7. The van der Waals surface area contributed by atoms with Crippen LogP contribution < -0.4 is 5.32 Å². The predicted molar refractivity (Wildman–Crippen MR) is 91.5 cm³/mol. The van der Waals surface area contributed by atoms with E-state index in [1.165, 1.54) is 12.8 Å². The Bertz CT molecular complexity index is 647. The molecule has 0 aromatic carbocycles. The fraction of sp³-hybridized carbons (Fsp3) is 0.529. The summed E-state index contributed by atoms with van der Waals surface area (Å²) in [5.41, 5.74) is 0.723. The van der Waals surface area contributed by atoms with Crippen LogP contribution in [0.4, 0.5) is 0 Å². The first-order valence-corrected chi connectivity index (χ1v) is 9.06. The molecule has 124 valence electrons. The lowest BCUT2D eigenvalue weighted by Gasteiger charge is -2.19. The zero-order valence-corrected chi connectivity index (χ0v) is 14.5. The number of aromatic nitrogens is 1. The van der Waals surface area contributed by atoms with Gasteiger partial charge in [0.05, 0.1) is 17.0 Å². The molecule has 6 heteroatoms. The van der Waals surface area contributed by atoms with Crippen LogP contribution in [0.1, 0.15) is 31.2 Å². The molecule has 1 N–H and O–H groups in total. The summed E-state index contributed by atoms with van der Waals surface area (Å²) in [6, 6.07) is 4.67. The fourth-order valence-electron chi connectivity index (χ4n) is 2.69. The molecule has 2 aromatic rings. The Balaban J connectivity index is 1.49. The Morgan fingerprint density at radius 2 is 2.35 bits per heavy atom. The van der Waals surface area contributed by atoms with Gasteiger partial charge in [-0.25, -0.2) is 4.98 Å². The highest BCUT2D eigenvalue weighted by Crippen LogP contribution is 2.26. The van der Waals surface area contributed by atoms with Crippen molar-refractivity contribution in [1.82, 2.24) is 15.2 Å². The molecule has 2 heterocycles. The van der Waals surface area contributed by atoms with Crippen LogP contribution in [0.3, 0.4) is 0 Å². The third kappa shape index (κ3) is 4.20. The summed E-state index contributed by atoms with van der Waals surface area (Å²) in [5, 5.41) is 4.98. The summed E-state index contributed by atoms with van der Waals surface area (Å²) < 4.78 is 5.67. The minimum atomic E-state index is 0.00554. The van der Waals surface area contributed by atoms with Crippen molar-refractivity contribution in [2.75, 3.05) is 19.6 Å². The fourth-order valence-corrected chi connectivity index (χ4v) is 3.34. The lowest BCUT2D eigenvalue weighted by Crippen LogP contribution is -2.36.